The molecule has 0 amide bonds. The van der Waals surface area contributed by atoms with Crippen LogP contribution in [-0.2, 0) is 19.3 Å². The summed E-state index contributed by atoms with van der Waals surface area (Å²) < 4.78 is 0. The Morgan fingerprint density at radius 2 is 2.00 bits per heavy atom. The SMILES string of the molecule is Cc1nc(CCNCC2(O)CCNC2)nc2c1CCCC2.Cl.Cl. The van der Waals surface area contributed by atoms with Crippen LogP contribution in [0.2, 0.25) is 0 Å². The average Bonchev–Trinajstić information content (AvgIpc) is 2.91. The third-order valence-corrected chi connectivity index (χ3v) is 4.64. The third kappa shape index (κ3) is 5.26. The van der Waals surface area contributed by atoms with Gasteiger partial charge in [-0.1, -0.05) is 0 Å². The van der Waals surface area contributed by atoms with Crippen LogP contribution in [0, 0.1) is 6.92 Å². The molecular weight excluding hydrogens is 335 g/mol. The molecule has 1 aromatic rings. The van der Waals surface area contributed by atoms with E-state index in [4.69, 9.17) is 4.98 Å². The van der Waals surface area contributed by atoms with Gasteiger partial charge in [0.15, 0.2) is 0 Å². The Labute approximate surface area is 150 Å². The summed E-state index contributed by atoms with van der Waals surface area (Å²) in [5.74, 6) is 0.942. The largest absolute Gasteiger partial charge is 0.387 e. The first-order valence-corrected chi connectivity index (χ1v) is 8.15. The van der Waals surface area contributed by atoms with Crippen molar-refractivity contribution in [2.45, 2.75) is 51.0 Å². The molecule has 1 unspecified atom stereocenters. The molecule has 5 nitrogen and oxygen atoms in total. The van der Waals surface area contributed by atoms with Crippen molar-refractivity contribution in [1.82, 2.24) is 20.6 Å². The number of nitrogens with zero attached hydrogens (tertiary/aromatic N) is 2. The Bertz CT molecular complexity index is 507. The van der Waals surface area contributed by atoms with Gasteiger partial charge < -0.3 is 15.7 Å². The standard InChI is InChI=1S/C16H26N4O.2ClH/c1-12-13-4-2-3-5-14(13)20-15(19-12)6-8-17-10-16(21)7-9-18-11-16;;/h17-18,21H,2-11H2,1H3;2*1H. The van der Waals surface area contributed by atoms with Gasteiger partial charge in [0.25, 0.3) is 0 Å². The summed E-state index contributed by atoms with van der Waals surface area (Å²) in [7, 11) is 0. The first-order valence-electron chi connectivity index (χ1n) is 8.15. The van der Waals surface area contributed by atoms with E-state index >= 15 is 0 Å². The fourth-order valence-corrected chi connectivity index (χ4v) is 3.36. The van der Waals surface area contributed by atoms with Crippen molar-refractivity contribution < 1.29 is 5.11 Å². The molecule has 7 heteroatoms. The van der Waals surface area contributed by atoms with Crippen molar-refractivity contribution in [2.24, 2.45) is 0 Å². The van der Waals surface area contributed by atoms with Gasteiger partial charge in [0.2, 0.25) is 0 Å². The van der Waals surface area contributed by atoms with Crippen molar-refractivity contribution >= 4 is 24.8 Å². The van der Waals surface area contributed by atoms with E-state index in [1.807, 2.05) is 0 Å². The zero-order valence-corrected chi connectivity index (χ0v) is 15.4. The molecule has 0 radical (unpaired) electrons. The van der Waals surface area contributed by atoms with Crippen LogP contribution in [0.25, 0.3) is 0 Å². The summed E-state index contributed by atoms with van der Waals surface area (Å²) in [6.45, 7) is 5.17. The Hall–Kier alpha value is -0.460. The van der Waals surface area contributed by atoms with E-state index < -0.39 is 5.60 Å². The highest BCUT2D eigenvalue weighted by molar-refractivity contribution is 5.85. The van der Waals surface area contributed by atoms with Crippen LogP contribution in [0.5, 0.6) is 0 Å². The van der Waals surface area contributed by atoms with Crippen molar-refractivity contribution in [1.29, 1.82) is 0 Å². The molecule has 0 spiro atoms. The van der Waals surface area contributed by atoms with Crippen LogP contribution in [0.15, 0.2) is 0 Å². The Balaban J connectivity index is 0.00000132. The van der Waals surface area contributed by atoms with Crippen molar-refractivity contribution in [3.63, 3.8) is 0 Å². The Morgan fingerprint density at radius 3 is 2.74 bits per heavy atom. The first-order chi connectivity index (χ1) is 10.2. The van der Waals surface area contributed by atoms with Crippen LogP contribution in [0.1, 0.15) is 42.0 Å². The number of rotatable bonds is 5. The van der Waals surface area contributed by atoms with Gasteiger partial charge in [0, 0.05) is 37.4 Å². The van der Waals surface area contributed by atoms with Crippen LogP contribution in [-0.4, -0.2) is 46.9 Å². The summed E-state index contributed by atoms with van der Waals surface area (Å²) in [5, 5.41) is 16.8. The van der Waals surface area contributed by atoms with Crippen molar-refractivity contribution in [3.8, 4) is 0 Å². The highest BCUT2D eigenvalue weighted by atomic mass is 35.5. The van der Waals surface area contributed by atoms with Crippen LogP contribution in [0.4, 0.5) is 0 Å². The van der Waals surface area contributed by atoms with E-state index in [2.05, 4.69) is 22.5 Å². The van der Waals surface area contributed by atoms with E-state index in [0.29, 0.717) is 13.1 Å². The van der Waals surface area contributed by atoms with E-state index in [9.17, 15) is 5.11 Å². The molecule has 3 N–H and O–H groups in total. The maximum absolute atomic E-state index is 10.2. The summed E-state index contributed by atoms with van der Waals surface area (Å²) in [6.07, 6.45) is 6.42. The minimum atomic E-state index is -0.577. The molecule has 1 atom stereocenters. The molecule has 0 saturated carbocycles. The molecular formula is C16H28Cl2N4O. The zero-order valence-electron chi connectivity index (χ0n) is 13.7. The van der Waals surface area contributed by atoms with Gasteiger partial charge in [-0.2, -0.15) is 0 Å². The van der Waals surface area contributed by atoms with Crippen molar-refractivity contribution in [2.75, 3.05) is 26.2 Å². The lowest BCUT2D eigenvalue weighted by Gasteiger charge is -2.21. The van der Waals surface area contributed by atoms with Gasteiger partial charge in [-0.25, -0.2) is 9.97 Å². The second-order valence-corrected chi connectivity index (χ2v) is 6.44. The lowest BCUT2D eigenvalue weighted by atomic mass is 9.95. The number of β-amino-alcohol motifs (C(OH)–C–C–N with tert-alkyl or cyclic N) is 1. The maximum atomic E-state index is 10.2. The highest BCUT2D eigenvalue weighted by Gasteiger charge is 2.30. The van der Waals surface area contributed by atoms with E-state index in [1.54, 1.807) is 0 Å². The molecule has 3 rings (SSSR count). The lowest BCUT2D eigenvalue weighted by Crippen LogP contribution is -2.43. The normalized spacial score (nSPS) is 22.9. The zero-order chi connectivity index (χ0) is 14.7. The molecule has 2 heterocycles. The third-order valence-electron chi connectivity index (χ3n) is 4.64. The second kappa shape index (κ2) is 9.14. The van der Waals surface area contributed by atoms with Gasteiger partial charge in [-0.3, -0.25) is 0 Å². The molecule has 23 heavy (non-hydrogen) atoms. The van der Waals surface area contributed by atoms with Gasteiger partial charge >= 0.3 is 0 Å². The molecule has 132 valence electrons. The number of hydrogen-bond donors (Lipinski definition) is 3. The monoisotopic (exact) mass is 362 g/mol. The van der Waals surface area contributed by atoms with Gasteiger partial charge in [-0.05, 0) is 51.1 Å². The van der Waals surface area contributed by atoms with Crippen molar-refractivity contribution in [3.05, 3.63) is 22.8 Å². The Kier molecular flexibility index (Phi) is 8.18. The molecule has 1 fully saturated rings. The fourth-order valence-electron chi connectivity index (χ4n) is 3.36. The number of hydrogen-bond acceptors (Lipinski definition) is 5. The van der Waals surface area contributed by atoms with Gasteiger partial charge in [0.1, 0.15) is 5.82 Å². The molecule has 0 aromatic carbocycles. The highest BCUT2D eigenvalue weighted by Crippen LogP contribution is 2.21. The quantitative estimate of drug-likeness (QED) is 0.690. The van der Waals surface area contributed by atoms with Crippen LogP contribution in [0.3, 0.4) is 0 Å². The van der Waals surface area contributed by atoms with Gasteiger partial charge in [-0.15, -0.1) is 24.8 Å². The minimum Gasteiger partial charge on any atom is -0.387 e. The average molecular weight is 363 g/mol. The van der Waals surface area contributed by atoms with E-state index in [0.717, 1.165) is 50.3 Å². The number of halogens is 2. The smallest absolute Gasteiger partial charge is 0.130 e. The molecule has 1 saturated heterocycles. The van der Waals surface area contributed by atoms with Crippen LogP contribution >= 0.6 is 24.8 Å². The molecule has 0 bridgehead atoms. The topological polar surface area (TPSA) is 70.1 Å². The second-order valence-electron chi connectivity index (χ2n) is 6.44. The first kappa shape index (κ1) is 20.6. The summed E-state index contributed by atoms with van der Waals surface area (Å²) in [5.41, 5.74) is 3.23. The number of fused-ring (bicyclic) bond motifs is 1. The lowest BCUT2D eigenvalue weighted by molar-refractivity contribution is 0.0614. The predicted octanol–water partition coefficient (Wildman–Crippen LogP) is 1.36. The Morgan fingerprint density at radius 1 is 1.22 bits per heavy atom. The number of aryl methyl sites for hydroxylation is 2. The summed E-state index contributed by atoms with van der Waals surface area (Å²) in [6, 6.07) is 0. The molecule has 2 aliphatic rings. The van der Waals surface area contributed by atoms with E-state index in [-0.39, 0.29) is 24.8 Å². The van der Waals surface area contributed by atoms with Crippen LogP contribution < -0.4 is 10.6 Å². The summed E-state index contributed by atoms with van der Waals surface area (Å²) >= 11 is 0. The summed E-state index contributed by atoms with van der Waals surface area (Å²) in [4.78, 5) is 9.38. The minimum absolute atomic E-state index is 0. The van der Waals surface area contributed by atoms with E-state index in [1.165, 1.54) is 24.1 Å². The van der Waals surface area contributed by atoms with Gasteiger partial charge in [0.05, 0.1) is 5.60 Å². The number of aliphatic hydroxyl groups is 1. The fraction of sp³-hybridized carbons (Fsp3) is 0.750. The number of aromatic nitrogens is 2. The molecule has 1 aliphatic carbocycles. The number of nitrogens with one attached hydrogen (secondary N) is 2. The predicted molar refractivity (Wildman–Crippen MR) is 96.9 cm³/mol. The molecule has 1 aliphatic heterocycles. The maximum Gasteiger partial charge on any atom is 0.130 e. The molecule has 1 aromatic heterocycles.